The number of halogens is 3. The van der Waals surface area contributed by atoms with Gasteiger partial charge in [-0.3, -0.25) is 0 Å². The van der Waals surface area contributed by atoms with E-state index in [-0.39, 0.29) is 22.8 Å². The molecule has 0 radical (unpaired) electrons. The highest BCUT2D eigenvalue weighted by Gasteiger charge is 2.34. The third kappa shape index (κ3) is 2.34. The number of benzene rings is 2. The monoisotopic (exact) mass is 343 g/mol. The Balaban J connectivity index is 2.19. The molecule has 0 bridgehead atoms. The number of hydrogen-bond donors (Lipinski definition) is 3. The lowest BCUT2D eigenvalue weighted by Crippen LogP contribution is -2.08. The Kier molecular flexibility index (Phi) is 3.11. The first kappa shape index (κ1) is 15.3. The molecular weight excluding hydrogens is 331 g/mol. The Bertz CT molecular complexity index is 1110. The van der Waals surface area contributed by atoms with Gasteiger partial charge >= 0.3 is 6.18 Å². The van der Waals surface area contributed by atoms with E-state index in [0.717, 1.165) is 11.5 Å². The van der Waals surface area contributed by atoms with Crippen LogP contribution in [0.25, 0.3) is 32.9 Å². The minimum absolute atomic E-state index is 0.00833. The summed E-state index contributed by atoms with van der Waals surface area (Å²) in [5, 5.41) is 1.20. The van der Waals surface area contributed by atoms with Crippen molar-refractivity contribution in [2.24, 2.45) is 0 Å². The molecule has 0 atom stereocenters. The van der Waals surface area contributed by atoms with E-state index < -0.39 is 11.7 Å². The first-order valence-electron chi connectivity index (χ1n) is 7.35. The number of aromatic amines is 1. The van der Waals surface area contributed by atoms with Gasteiger partial charge in [-0.25, -0.2) is 4.98 Å². The van der Waals surface area contributed by atoms with Crippen molar-refractivity contribution in [3.63, 3.8) is 0 Å². The fourth-order valence-corrected chi connectivity index (χ4v) is 3.06. The molecule has 0 saturated heterocycles. The van der Waals surface area contributed by atoms with Crippen molar-refractivity contribution in [3.8, 4) is 11.1 Å². The van der Waals surface area contributed by atoms with Crippen molar-refractivity contribution in [2.75, 3.05) is 11.5 Å². The molecule has 0 fully saturated rings. The molecule has 0 aliphatic carbocycles. The van der Waals surface area contributed by atoms with Crippen molar-refractivity contribution in [2.45, 2.75) is 6.18 Å². The van der Waals surface area contributed by atoms with E-state index in [1.165, 1.54) is 12.1 Å². The molecule has 2 aromatic carbocycles. The third-order valence-corrected chi connectivity index (χ3v) is 4.07. The van der Waals surface area contributed by atoms with E-state index in [1.807, 2.05) is 0 Å². The van der Waals surface area contributed by atoms with Crippen LogP contribution in [0.2, 0.25) is 0 Å². The van der Waals surface area contributed by atoms with Crippen LogP contribution in [0.15, 0.2) is 42.6 Å². The molecule has 0 aliphatic rings. The predicted octanol–water partition coefficient (Wildman–Crippen LogP) is 3.96. The fourth-order valence-electron chi connectivity index (χ4n) is 3.06. The van der Waals surface area contributed by atoms with Gasteiger partial charge in [-0.15, -0.1) is 0 Å². The van der Waals surface area contributed by atoms with Gasteiger partial charge in [-0.1, -0.05) is 18.2 Å². The Hall–Kier alpha value is -3.29. The maximum atomic E-state index is 13.5. The van der Waals surface area contributed by atoms with Crippen molar-refractivity contribution in [3.05, 3.63) is 48.2 Å². The fraction of sp³-hybridized carbons (Fsp3) is 0.0588. The van der Waals surface area contributed by atoms with Crippen molar-refractivity contribution in [1.82, 2.24) is 15.0 Å². The molecule has 0 spiro atoms. The normalized spacial score (nSPS) is 12.1. The number of anilines is 2. The van der Waals surface area contributed by atoms with E-state index in [0.29, 0.717) is 16.5 Å². The van der Waals surface area contributed by atoms with E-state index in [1.54, 1.807) is 24.4 Å². The van der Waals surface area contributed by atoms with Crippen molar-refractivity contribution >= 4 is 33.6 Å². The van der Waals surface area contributed by atoms with Crippen LogP contribution in [0.1, 0.15) is 5.56 Å². The number of nitrogens with two attached hydrogens (primary N) is 2. The molecule has 0 unspecified atom stereocenters. The topological polar surface area (TPSA) is 93.6 Å². The van der Waals surface area contributed by atoms with E-state index >= 15 is 0 Å². The van der Waals surface area contributed by atoms with Gasteiger partial charge in [0, 0.05) is 22.7 Å². The average Bonchev–Trinajstić information content (AvgIpc) is 3.01. The van der Waals surface area contributed by atoms with Crippen molar-refractivity contribution in [1.29, 1.82) is 0 Å². The van der Waals surface area contributed by atoms with Gasteiger partial charge in [-0.2, -0.15) is 18.2 Å². The Morgan fingerprint density at radius 3 is 2.48 bits per heavy atom. The van der Waals surface area contributed by atoms with Gasteiger partial charge in [0.2, 0.25) is 5.95 Å². The lowest BCUT2D eigenvalue weighted by molar-refractivity contribution is -0.137. The van der Waals surface area contributed by atoms with Crippen LogP contribution in [0, 0.1) is 0 Å². The van der Waals surface area contributed by atoms with Gasteiger partial charge in [-0.05, 0) is 23.8 Å². The van der Waals surface area contributed by atoms with Crippen LogP contribution < -0.4 is 11.5 Å². The lowest BCUT2D eigenvalue weighted by atomic mass is 9.95. The summed E-state index contributed by atoms with van der Waals surface area (Å²) in [5.41, 5.74) is 12.1. The highest BCUT2D eigenvalue weighted by Crippen LogP contribution is 2.41. The summed E-state index contributed by atoms with van der Waals surface area (Å²) in [5.74, 6) is 0.0315. The second-order valence-corrected chi connectivity index (χ2v) is 5.60. The van der Waals surface area contributed by atoms with Crippen LogP contribution in [0.3, 0.4) is 0 Å². The first-order chi connectivity index (χ1) is 11.9. The zero-order valence-electron chi connectivity index (χ0n) is 12.7. The molecule has 0 aliphatic heterocycles. The molecule has 5 nitrogen and oxygen atoms in total. The number of H-pyrrole nitrogens is 1. The summed E-state index contributed by atoms with van der Waals surface area (Å²) in [6, 6.07) is 8.72. The maximum absolute atomic E-state index is 13.5. The number of hydrogen-bond acceptors (Lipinski definition) is 4. The summed E-state index contributed by atoms with van der Waals surface area (Å²) in [6.07, 6.45) is -2.82. The van der Waals surface area contributed by atoms with Gasteiger partial charge in [0.1, 0.15) is 5.82 Å². The largest absolute Gasteiger partial charge is 0.417 e. The average molecular weight is 343 g/mol. The molecule has 4 rings (SSSR count). The minimum atomic E-state index is -4.50. The minimum Gasteiger partial charge on any atom is -0.383 e. The maximum Gasteiger partial charge on any atom is 0.417 e. The summed E-state index contributed by atoms with van der Waals surface area (Å²) < 4.78 is 40.4. The van der Waals surface area contributed by atoms with Crippen LogP contribution >= 0.6 is 0 Å². The summed E-state index contributed by atoms with van der Waals surface area (Å²) in [6.45, 7) is 0. The van der Waals surface area contributed by atoms with E-state index in [4.69, 9.17) is 11.5 Å². The molecule has 25 heavy (non-hydrogen) atoms. The summed E-state index contributed by atoms with van der Waals surface area (Å²) >= 11 is 0. The molecule has 5 N–H and O–H groups in total. The zero-order chi connectivity index (χ0) is 17.8. The number of nitrogens with zero attached hydrogens (tertiary/aromatic N) is 2. The molecule has 2 aromatic heterocycles. The number of alkyl halides is 3. The highest BCUT2D eigenvalue weighted by molar-refractivity contribution is 6.15. The quantitative estimate of drug-likeness (QED) is 0.488. The molecule has 126 valence electrons. The van der Waals surface area contributed by atoms with Crippen LogP contribution in [-0.2, 0) is 6.18 Å². The van der Waals surface area contributed by atoms with E-state index in [9.17, 15) is 13.2 Å². The van der Waals surface area contributed by atoms with E-state index in [2.05, 4.69) is 15.0 Å². The molecule has 8 heteroatoms. The van der Waals surface area contributed by atoms with Crippen molar-refractivity contribution < 1.29 is 13.2 Å². The van der Waals surface area contributed by atoms with Gasteiger partial charge in [0.05, 0.1) is 16.5 Å². The number of nitrogen functional groups attached to an aromatic ring is 2. The summed E-state index contributed by atoms with van der Waals surface area (Å²) in [7, 11) is 0. The van der Waals surface area contributed by atoms with Gasteiger partial charge < -0.3 is 16.5 Å². The molecular formula is C17H12F3N5. The van der Waals surface area contributed by atoms with Gasteiger partial charge in [0.25, 0.3) is 0 Å². The highest BCUT2D eigenvalue weighted by atomic mass is 19.4. The molecule has 2 heterocycles. The van der Waals surface area contributed by atoms with Crippen LogP contribution in [0.5, 0.6) is 0 Å². The van der Waals surface area contributed by atoms with Crippen LogP contribution in [0.4, 0.5) is 24.9 Å². The third-order valence-electron chi connectivity index (χ3n) is 4.07. The molecule has 4 aromatic rings. The summed E-state index contributed by atoms with van der Waals surface area (Å²) in [4.78, 5) is 11.1. The zero-order valence-corrected chi connectivity index (χ0v) is 12.7. The molecule has 0 saturated carbocycles. The smallest absolute Gasteiger partial charge is 0.383 e. The Morgan fingerprint density at radius 2 is 1.72 bits per heavy atom. The second-order valence-electron chi connectivity index (χ2n) is 5.60. The van der Waals surface area contributed by atoms with Gasteiger partial charge in [0.15, 0.2) is 0 Å². The Labute approximate surface area is 139 Å². The van der Waals surface area contributed by atoms with Crippen LogP contribution in [-0.4, -0.2) is 15.0 Å². The second kappa shape index (κ2) is 5.10. The molecule has 0 amide bonds. The number of fused-ring (bicyclic) bond motifs is 3. The lowest BCUT2D eigenvalue weighted by Gasteiger charge is -2.15. The SMILES string of the molecule is Nc1nc(N)c2c(n1)c(-c1ccccc1C(F)(F)F)cc1[nH]ccc12. The number of aromatic nitrogens is 3. The predicted molar refractivity (Wildman–Crippen MR) is 90.7 cm³/mol. The standard InChI is InChI=1S/C17H12F3N5/c18-17(19,20)11-4-2-1-3-8(11)10-7-12-9(5-6-23-12)13-14(10)24-16(22)25-15(13)21/h1-7,23H,(H4,21,22,24,25). The number of nitrogens with one attached hydrogen (secondary N) is 1. The Morgan fingerprint density at radius 1 is 0.960 bits per heavy atom. The number of rotatable bonds is 1. The first-order valence-corrected chi connectivity index (χ1v) is 7.35.